The maximum absolute atomic E-state index is 7.42. The van der Waals surface area contributed by atoms with Gasteiger partial charge in [-0.3, -0.25) is 5.41 Å². The summed E-state index contributed by atoms with van der Waals surface area (Å²) in [7, 11) is 0. The number of pyridine rings is 1. The first-order chi connectivity index (χ1) is 8.16. The van der Waals surface area contributed by atoms with E-state index in [1.54, 1.807) is 6.07 Å². The molecule has 0 spiro atoms. The summed E-state index contributed by atoms with van der Waals surface area (Å²) in [6.45, 7) is 4.41. The van der Waals surface area contributed by atoms with Gasteiger partial charge in [-0.2, -0.15) is 0 Å². The van der Waals surface area contributed by atoms with Crippen LogP contribution in [0.4, 0.5) is 5.82 Å². The molecule has 2 rings (SSSR count). The molecule has 1 aliphatic heterocycles. The van der Waals surface area contributed by atoms with Gasteiger partial charge in [0.15, 0.2) is 0 Å². The van der Waals surface area contributed by atoms with Gasteiger partial charge in [-0.15, -0.1) is 0 Å². The minimum Gasteiger partial charge on any atom is -0.382 e. The molecule has 1 aromatic heterocycles. The Bertz CT molecular complexity index is 402. The quantitative estimate of drug-likeness (QED) is 0.605. The molecule has 0 aliphatic carbocycles. The molecule has 1 fully saturated rings. The number of nitrogen functional groups attached to an aromatic ring is 1. The van der Waals surface area contributed by atoms with Gasteiger partial charge < -0.3 is 10.6 Å². The third-order valence-electron chi connectivity index (χ3n) is 3.35. The molecule has 0 aromatic carbocycles. The molecule has 1 aliphatic rings. The highest BCUT2D eigenvalue weighted by Gasteiger charge is 2.15. The van der Waals surface area contributed by atoms with E-state index in [1.807, 2.05) is 12.1 Å². The fourth-order valence-electron chi connectivity index (χ4n) is 2.24. The van der Waals surface area contributed by atoms with E-state index in [0.717, 1.165) is 24.8 Å². The van der Waals surface area contributed by atoms with E-state index in [9.17, 15) is 0 Å². The normalized spacial score (nSPS) is 21.0. The molecule has 0 amide bonds. The first-order valence-corrected chi connectivity index (χ1v) is 6.23. The Morgan fingerprint density at radius 1 is 1.41 bits per heavy atom. The molecule has 3 N–H and O–H groups in total. The summed E-state index contributed by atoms with van der Waals surface area (Å²) >= 11 is 0. The molecule has 1 aromatic rings. The van der Waals surface area contributed by atoms with Gasteiger partial charge in [0.25, 0.3) is 0 Å². The minimum absolute atomic E-state index is 0.0371. The fraction of sp³-hybridized carbons (Fsp3) is 0.538. The minimum atomic E-state index is 0.0371. The second-order valence-electron chi connectivity index (χ2n) is 4.82. The van der Waals surface area contributed by atoms with Gasteiger partial charge in [0.1, 0.15) is 17.3 Å². The zero-order valence-corrected chi connectivity index (χ0v) is 10.3. The molecule has 0 radical (unpaired) electrons. The lowest BCUT2D eigenvalue weighted by atomic mass is 10.0. The smallest absolute Gasteiger partial charge is 0.141 e. The molecule has 0 saturated carbocycles. The van der Waals surface area contributed by atoms with Crippen LogP contribution >= 0.6 is 0 Å². The fourth-order valence-corrected chi connectivity index (χ4v) is 2.24. The van der Waals surface area contributed by atoms with Crippen molar-refractivity contribution in [3.63, 3.8) is 0 Å². The molecule has 17 heavy (non-hydrogen) atoms. The lowest BCUT2D eigenvalue weighted by Gasteiger charge is -2.21. The number of anilines is 1. The molecule has 2 heterocycles. The Balaban J connectivity index is 2.15. The largest absolute Gasteiger partial charge is 0.382 e. The number of hydrogen-bond acceptors (Lipinski definition) is 3. The average molecular weight is 232 g/mol. The van der Waals surface area contributed by atoms with E-state index in [2.05, 4.69) is 16.8 Å². The summed E-state index contributed by atoms with van der Waals surface area (Å²) < 4.78 is 0. The highest BCUT2D eigenvalue weighted by atomic mass is 15.2. The zero-order chi connectivity index (χ0) is 12.3. The first kappa shape index (κ1) is 11.9. The van der Waals surface area contributed by atoms with Gasteiger partial charge in [-0.1, -0.05) is 13.0 Å². The topological polar surface area (TPSA) is 66.0 Å². The molecular formula is C13H20N4. The number of nitrogens with one attached hydrogen (secondary N) is 1. The van der Waals surface area contributed by atoms with E-state index in [-0.39, 0.29) is 5.84 Å². The van der Waals surface area contributed by atoms with Crippen LogP contribution in [0.15, 0.2) is 18.2 Å². The maximum Gasteiger partial charge on any atom is 0.141 e. The number of nitrogens with zero attached hydrogens (tertiary/aromatic N) is 2. The van der Waals surface area contributed by atoms with Crippen molar-refractivity contribution in [2.24, 2.45) is 11.7 Å². The summed E-state index contributed by atoms with van der Waals surface area (Å²) in [5, 5.41) is 7.42. The van der Waals surface area contributed by atoms with Crippen LogP contribution in [0.25, 0.3) is 0 Å². The second kappa shape index (κ2) is 5.17. The Kier molecular flexibility index (Phi) is 3.61. The van der Waals surface area contributed by atoms with Crippen molar-refractivity contribution in [1.82, 2.24) is 4.98 Å². The molecule has 4 heteroatoms. The van der Waals surface area contributed by atoms with E-state index in [4.69, 9.17) is 11.1 Å². The average Bonchev–Trinajstić information content (AvgIpc) is 2.54. The van der Waals surface area contributed by atoms with E-state index in [1.165, 1.54) is 19.3 Å². The Hall–Kier alpha value is -1.58. The number of hydrogen-bond donors (Lipinski definition) is 2. The van der Waals surface area contributed by atoms with Crippen LogP contribution < -0.4 is 10.6 Å². The number of rotatable bonds is 2. The molecular weight excluding hydrogens is 212 g/mol. The Labute approximate surface area is 102 Å². The third-order valence-corrected chi connectivity index (χ3v) is 3.35. The standard InChI is InChI=1S/C13H20N4/c1-10-4-3-8-17(9-7-10)12-6-2-5-11(16-12)13(14)15/h2,5-6,10H,3-4,7-9H2,1H3,(H3,14,15). The maximum atomic E-state index is 7.42. The molecule has 1 atom stereocenters. The van der Waals surface area contributed by atoms with Crippen LogP contribution in [0.3, 0.4) is 0 Å². The highest BCUT2D eigenvalue weighted by Crippen LogP contribution is 2.20. The van der Waals surface area contributed by atoms with E-state index >= 15 is 0 Å². The van der Waals surface area contributed by atoms with Crippen LogP contribution in [-0.2, 0) is 0 Å². The number of aromatic nitrogens is 1. The molecule has 1 saturated heterocycles. The molecule has 0 bridgehead atoms. The summed E-state index contributed by atoms with van der Waals surface area (Å²) in [5.41, 5.74) is 6.04. The predicted molar refractivity (Wildman–Crippen MR) is 70.5 cm³/mol. The van der Waals surface area contributed by atoms with Crippen LogP contribution in [0.5, 0.6) is 0 Å². The summed E-state index contributed by atoms with van der Waals surface area (Å²) in [6, 6.07) is 5.71. The van der Waals surface area contributed by atoms with Gasteiger partial charge in [-0.25, -0.2) is 4.98 Å². The summed E-state index contributed by atoms with van der Waals surface area (Å²) in [5.74, 6) is 1.79. The van der Waals surface area contributed by atoms with Crippen molar-refractivity contribution in [1.29, 1.82) is 5.41 Å². The predicted octanol–water partition coefficient (Wildman–Crippen LogP) is 1.99. The van der Waals surface area contributed by atoms with Gasteiger partial charge in [0.05, 0.1) is 0 Å². The van der Waals surface area contributed by atoms with E-state index in [0.29, 0.717) is 5.69 Å². The summed E-state index contributed by atoms with van der Waals surface area (Å²) in [4.78, 5) is 6.74. The van der Waals surface area contributed by atoms with Crippen LogP contribution in [0, 0.1) is 11.3 Å². The van der Waals surface area contributed by atoms with Crippen LogP contribution in [0.1, 0.15) is 31.9 Å². The van der Waals surface area contributed by atoms with Crippen LogP contribution in [-0.4, -0.2) is 23.9 Å². The Morgan fingerprint density at radius 3 is 3.00 bits per heavy atom. The molecule has 92 valence electrons. The van der Waals surface area contributed by atoms with Crippen LogP contribution in [0.2, 0.25) is 0 Å². The lowest BCUT2D eigenvalue weighted by molar-refractivity contribution is 0.521. The lowest BCUT2D eigenvalue weighted by Crippen LogP contribution is -2.26. The van der Waals surface area contributed by atoms with Crippen molar-refractivity contribution in [2.45, 2.75) is 26.2 Å². The molecule has 4 nitrogen and oxygen atoms in total. The van der Waals surface area contributed by atoms with E-state index < -0.39 is 0 Å². The van der Waals surface area contributed by atoms with Gasteiger partial charge >= 0.3 is 0 Å². The monoisotopic (exact) mass is 232 g/mol. The van der Waals surface area contributed by atoms with Gasteiger partial charge in [-0.05, 0) is 37.3 Å². The van der Waals surface area contributed by atoms with Crippen molar-refractivity contribution < 1.29 is 0 Å². The Morgan fingerprint density at radius 2 is 2.24 bits per heavy atom. The van der Waals surface area contributed by atoms with Crippen molar-refractivity contribution in [3.05, 3.63) is 23.9 Å². The van der Waals surface area contributed by atoms with Gasteiger partial charge in [0.2, 0.25) is 0 Å². The second-order valence-corrected chi connectivity index (χ2v) is 4.82. The zero-order valence-electron chi connectivity index (χ0n) is 10.3. The van der Waals surface area contributed by atoms with Crippen molar-refractivity contribution in [2.75, 3.05) is 18.0 Å². The number of nitrogens with two attached hydrogens (primary N) is 1. The summed E-state index contributed by atoms with van der Waals surface area (Å²) in [6.07, 6.45) is 3.72. The molecule has 1 unspecified atom stereocenters. The van der Waals surface area contributed by atoms with Gasteiger partial charge in [0, 0.05) is 13.1 Å². The first-order valence-electron chi connectivity index (χ1n) is 6.23. The third kappa shape index (κ3) is 2.96. The highest BCUT2D eigenvalue weighted by molar-refractivity contribution is 5.93. The van der Waals surface area contributed by atoms with Crippen molar-refractivity contribution in [3.8, 4) is 0 Å². The van der Waals surface area contributed by atoms with Crippen molar-refractivity contribution >= 4 is 11.7 Å². The SMILES string of the molecule is CC1CCCN(c2cccc(C(=N)N)n2)CC1. The number of amidine groups is 1.